The number of hydrogen-bond acceptors (Lipinski definition) is 2. The van der Waals surface area contributed by atoms with E-state index in [1.54, 1.807) is 6.08 Å². The number of carbonyl (C=O) groups excluding carboxylic acids is 1. The Kier molecular flexibility index (Phi) is 8.25. The number of fused-ring (bicyclic) bond motifs is 5. The van der Waals surface area contributed by atoms with Crippen molar-refractivity contribution in [2.45, 2.75) is 131 Å². The van der Waals surface area contributed by atoms with E-state index in [1.807, 2.05) is 6.08 Å². The minimum Gasteiger partial charge on any atom is -0.459 e. The van der Waals surface area contributed by atoms with Gasteiger partial charge in [-0.25, -0.2) is 4.79 Å². The second-order valence-corrected chi connectivity index (χ2v) is 13.7. The zero-order valence-corrected chi connectivity index (χ0v) is 23.3. The van der Waals surface area contributed by atoms with Gasteiger partial charge in [-0.3, -0.25) is 0 Å². The van der Waals surface area contributed by atoms with Crippen molar-refractivity contribution in [3.63, 3.8) is 0 Å². The van der Waals surface area contributed by atoms with Crippen LogP contribution in [0.4, 0.5) is 0 Å². The Bertz CT molecular complexity index is 725. The summed E-state index contributed by atoms with van der Waals surface area (Å²) in [6, 6.07) is 0. The van der Waals surface area contributed by atoms with Crippen LogP contribution in [-0.2, 0) is 9.53 Å². The molecule has 0 saturated heterocycles. The molecule has 2 nitrogen and oxygen atoms in total. The predicted octanol–water partition coefficient (Wildman–Crippen LogP) is 8.99. The highest BCUT2D eigenvalue weighted by atomic mass is 16.5. The van der Waals surface area contributed by atoms with Crippen LogP contribution in [0.2, 0.25) is 0 Å². The van der Waals surface area contributed by atoms with Crippen LogP contribution in [0.15, 0.2) is 12.2 Å². The van der Waals surface area contributed by atoms with E-state index in [2.05, 4.69) is 41.5 Å². The van der Waals surface area contributed by atoms with Crippen molar-refractivity contribution in [1.29, 1.82) is 0 Å². The molecule has 9 atom stereocenters. The van der Waals surface area contributed by atoms with Gasteiger partial charge in [0.1, 0.15) is 6.10 Å². The maximum atomic E-state index is 12.6. The van der Waals surface area contributed by atoms with Gasteiger partial charge >= 0.3 is 5.97 Å². The van der Waals surface area contributed by atoms with Crippen LogP contribution in [-0.4, -0.2) is 12.1 Å². The molecule has 4 aliphatic carbocycles. The van der Waals surface area contributed by atoms with Gasteiger partial charge in [0.2, 0.25) is 0 Å². The monoisotopic (exact) mass is 470 g/mol. The summed E-state index contributed by atoms with van der Waals surface area (Å²) in [7, 11) is 0. The Balaban J connectivity index is 1.50. The van der Waals surface area contributed by atoms with E-state index in [4.69, 9.17) is 4.74 Å². The lowest BCUT2D eigenvalue weighted by atomic mass is 9.44. The first-order valence-electron chi connectivity index (χ1n) is 15.1. The maximum absolute atomic E-state index is 12.6. The maximum Gasteiger partial charge on any atom is 0.330 e. The molecular formula is C32H54O2. The molecule has 0 heterocycles. The largest absolute Gasteiger partial charge is 0.459 e. The van der Waals surface area contributed by atoms with Gasteiger partial charge in [-0.2, -0.15) is 0 Å². The van der Waals surface area contributed by atoms with Crippen molar-refractivity contribution in [3.8, 4) is 0 Å². The van der Waals surface area contributed by atoms with Crippen LogP contribution in [0, 0.1) is 52.3 Å². The van der Waals surface area contributed by atoms with Crippen molar-refractivity contribution in [2.75, 3.05) is 0 Å². The smallest absolute Gasteiger partial charge is 0.330 e. The molecule has 2 heteroatoms. The quantitative estimate of drug-likeness (QED) is 0.261. The second-order valence-electron chi connectivity index (χ2n) is 13.7. The molecule has 0 spiro atoms. The minimum atomic E-state index is -0.104. The summed E-state index contributed by atoms with van der Waals surface area (Å²) < 4.78 is 6.25. The number of carbonyl (C=O) groups is 1. The molecule has 0 amide bonds. The highest BCUT2D eigenvalue weighted by Gasteiger charge is 2.62. The van der Waals surface area contributed by atoms with Crippen molar-refractivity contribution in [2.24, 2.45) is 52.3 Å². The molecule has 4 fully saturated rings. The lowest BCUT2D eigenvalue weighted by Gasteiger charge is -2.62. The third-order valence-corrected chi connectivity index (χ3v) is 11.6. The minimum absolute atomic E-state index is 0.104. The van der Waals surface area contributed by atoms with Gasteiger partial charge in [-0.1, -0.05) is 66.9 Å². The number of allylic oxidation sites excluding steroid dienone is 1. The van der Waals surface area contributed by atoms with Crippen LogP contribution in [0.25, 0.3) is 0 Å². The van der Waals surface area contributed by atoms with Gasteiger partial charge in [0.15, 0.2) is 0 Å². The third kappa shape index (κ3) is 4.78. The number of ether oxygens (including phenoxy) is 1. The molecule has 0 aromatic heterocycles. The molecule has 4 rings (SSSR count). The Morgan fingerprint density at radius 1 is 0.971 bits per heavy atom. The average Bonchev–Trinajstić information content (AvgIpc) is 3.15. The number of rotatable bonds is 8. The molecule has 0 aliphatic heterocycles. The molecule has 0 aromatic rings. The fourth-order valence-corrected chi connectivity index (χ4v) is 9.89. The summed E-state index contributed by atoms with van der Waals surface area (Å²) in [5, 5.41) is 0. The molecule has 34 heavy (non-hydrogen) atoms. The van der Waals surface area contributed by atoms with Crippen molar-refractivity contribution in [3.05, 3.63) is 12.2 Å². The topological polar surface area (TPSA) is 26.3 Å². The Morgan fingerprint density at radius 2 is 1.76 bits per heavy atom. The molecule has 4 saturated carbocycles. The fraction of sp³-hybridized carbons (Fsp3) is 0.906. The molecule has 1 unspecified atom stereocenters. The van der Waals surface area contributed by atoms with Gasteiger partial charge < -0.3 is 4.74 Å². The van der Waals surface area contributed by atoms with Crippen LogP contribution in [0.3, 0.4) is 0 Å². The normalized spacial score (nSPS) is 42.8. The lowest BCUT2D eigenvalue weighted by Crippen LogP contribution is -2.58. The highest BCUT2D eigenvalue weighted by molar-refractivity contribution is 5.82. The van der Waals surface area contributed by atoms with Crippen LogP contribution in [0.1, 0.15) is 125 Å². The summed E-state index contributed by atoms with van der Waals surface area (Å²) >= 11 is 0. The second kappa shape index (κ2) is 10.7. The predicted molar refractivity (Wildman–Crippen MR) is 142 cm³/mol. The van der Waals surface area contributed by atoms with E-state index >= 15 is 0 Å². The van der Waals surface area contributed by atoms with E-state index in [-0.39, 0.29) is 17.5 Å². The van der Waals surface area contributed by atoms with Gasteiger partial charge in [0.25, 0.3) is 0 Å². The van der Waals surface area contributed by atoms with Crippen LogP contribution in [0.5, 0.6) is 0 Å². The first kappa shape index (κ1) is 26.3. The molecule has 0 radical (unpaired) electrons. The summed E-state index contributed by atoms with van der Waals surface area (Å²) in [5.74, 6) is 5.73. The summed E-state index contributed by atoms with van der Waals surface area (Å²) in [6.07, 6.45) is 20.9. The Hall–Kier alpha value is -0.790. The van der Waals surface area contributed by atoms with Gasteiger partial charge in [0.05, 0.1) is 0 Å². The molecule has 4 aliphatic rings. The summed E-state index contributed by atoms with van der Waals surface area (Å²) in [6.45, 7) is 14.6. The highest BCUT2D eigenvalue weighted by Crippen LogP contribution is 2.68. The third-order valence-electron chi connectivity index (χ3n) is 11.6. The molecule has 0 N–H and O–H groups in total. The Labute approximate surface area is 211 Å². The molecule has 194 valence electrons. The first-order chi connectivity index (χ1) is 16.2. The van der Waals surface area contributed by atoms with Crippen molar-refractivity contribution in [1.82, 2.24) is 0 Å². The van der Waals surface area contributed by atoms with E-state index in [0.717, 1.165) is 54.3 Å². The van der Waals surface area contributed by atoms with E-state index < -0.39 is 0 Å². The van der Waals surface area contributed by atoms with E-state index in [1.165, 1.54) is 70.6 Å². The van der Waals surface area contributed by atoms with Gasteiger partial charge in [0, 0.05) is 11.5 Å². The lowest BCUT2D eigenvalue weighted by molar-refractivity contribution is -0.188. The SMILES string of the molecule is CC/C=C/C(=O)OC1CCC[C@@H]2CC[C@@H]3[C@@H]4CC[C@@H]([C@@H](C)CCCC(C)C)[C@@]4(C)CC[C@@H]3[C@@]12C. The number of hydrogen-bond donors (Lipinski definition) is 0. The average molecular weight is 471 g/mol. The fourth-order valence-electron chi connectivity index (χ4n) is 9.89. The van der Waals surface area contributed by atoms with Crippen LogP contribution < -0.4 is 0 Å². The van der Waals surface area contributed by atoms with E-state index in [9.17, 15) is 4.79 Å². The number of esters is 1. The van der Waals surface area contributed by atoms with Gasteiger partial charge in [-0.15, -0.1) is 0 Å². The summed E-state index contributed by atoms with van der Waals surface area (Å²) in [4.78, 5) is 12.6. The summed E-state index contributed by atoms with van der Waals surface area (Å²) in [5.41, 5.74) is 0.714. The van der Waals surface area contributed by atoms with Crippen LogP contribution >= 0.6 is 0 Å². The molecule has 0 bridgehead atoms. The van der Waals surface area contributed by atoms with Crippen molar-refractivity contribution < 1.29 is 9.53 Å². The van der Waals surface area contributed by atoms with Crippen molar-refractivity contribution >= 4 is 5.97 Å². The van der Waals surface area contributed by atoms with Gasteiger partial charge in [-0.05, 0) is 111 Å². The molecular weight excluding hydrogens is 416 g/mol. The zero-order chi connectivity index (χ0) is 24.5. The zero-order valence-electron chi connectivity index (χ0n) is 23.3. The molecule has 0 aromatic carbocycles. The Morgan fingerprint density at radius 3 is 2.50 bits per heavy atom. The van der Waals surface area contributed by atoms with E-state index in [0.29, 0.717) is 5.41 Å². The first-order valence-corrected chi connectivity index (χ1v) is 15.1. The standard InChI is InChI=1S/C32H54O2/c1-7-8-15-30(33)34-29-14-10-13-24-16-17-25-27-19-18-26(23(4)12-9-11-22(2)3)31(27,5)21-20-28(25)32(24,29)6/h8,15,22-29H,7,9-14,16-21H2,1-6H3/b15-8+/t23-,24+,25+,26-,27-,28-,29?,31+,32-/m0/s1.